The van der Waals surface area contributed by atoms with Crippen LogP contribution in [-0.2, 0) is 11.3 Å². The molecule has 0 N–H and O–H groups in total. The second-order valence-electron chi connectivity index (χ2n) is 2.63. The van der Waals surface area contributed by atoms with Gasteiger partial charge < -0.3 is 9.47 Å². The van der Waals surface area contributed by atoms with E-state index >= 15 is 0 Å². The van der Waals surface area contributed by atoms with E-state index in [2.05, 4.69) is 6.92 Å². The van der Waals surface area contributed by atoms with Crippen LogP contribution in [0.1, 0.15) is 12.5 Å². The number of hydrogen-bond donors (Lipinski definition) is 0. The Labute approximate surface area is 79.5 Å². The fourth-order valence-corrected chi connectivity index (χ4v) is 1.04. The summed E-state index contributed by atoms with van der Waals surface area (Å²) < 4.78 is 10.5. The second-order valence-corrected chi connectivity index (χ2v) is 2.63. The first-order valence-electron chi connectivity index (χ1n) is 4.45. The molecule has 0 aromatic heterocycles. The minimum absolute atomic E-state index is 0.507. The maximum atomic E-state index is 5.31. The van der Waals surface area contributed by atoms with Crippen molar-refractivity contribution in [2.45, 2.75) is 13.5 Å². The lowest BCUT2D eigenvalue weighted by atomic mass is 10.2. The van der Waals surface area contributed by atoms with E-state index in [0.717, 1.165) is 11.3 Å². The molecule has 0 aliphatic rings. The topological polar surface area (TPSA) is 18.5 Å². The van der Waals surface area contributed by atoms with Crippen molar-refractivity contribution in [1.82, 2.24) is 0 Å². The highest BCUT2D eigenvalue weighted by molar-refractivity contribution is 5.26. The fraction of sp³-hybridized carbons (Fsp3) is 0.364. The highest BCUT2D eigenvalue weighted by atomic mass is 16.5. The van der Waals surface area contributed by atoms with Crippen LogP contribution in [0.5, 0.6) is 5.75 Å². The zero-order chi connectivity index (χ0) is 9.52. The van der Waals surface area contributed by atoms with E-state index in [4.69, 9.17) is 9.47 Å². The van der Waals surface area contributed by atoms with Crippen molar-refractivity contribution >= 4 is 0 Å². The number of hydrogen-bond acceptors (Lipinski definition) is 2. The summed E-state index contributed by atoms with van der Waals surface area (Å²) in [6.45, 7) is 7.40. The summed E-state index contributed by atoms with van der Waals surface area (Å²) in [6, 6.07) is 7.90. The van der Waals surface area contributed by atoms with Gasteiger partial charge in [-0.05, 0) is 31.5 Å². The van der Waals surface area contributed by atoms with Crippen LogP contribution in [0.3, 0.4) is 0 Å². The molecule has 0 aliphatic carbocycles. The fourth-order valence-electron chi connectivity index (χ4n) is 1.04. The Hall–Kier alpha value is -1.02. The lowest BCUT2D eigenvalue weighted by Gasteiger charge is -2.04. The van der Waals surface area contributed by atoms with Crippen molar-refractivity contribution in [3.8, 4) is 5.75 Å². The Morgan fingerprint density at radius 2 is 1.92 bits per heavy atom. The van der Waals surface area contributed by atoms with Gasteiger partial charge in [0.25, 0.3) is 0 Å². The van der Waals surface area contributed by atoms with Crippen LogP contribution < -0.4 is 4.74 Å². The van der Waals surface area contributed by atoms with Gasteiger partial charge in [-0.1, -0.05) is 12.1 Å². The van der Waals surface area contributed by atoms with Gasteiger partial charge in [-0.3, -0.25) is 0 Å². The molecule has 1 radical (unpaired) electrons. The highest BCUT2D eigenvalue weighted by Crippen LogP contribution is 2.12. The number of benzene rings is 1. The molecule has 2 nitrogen and oxygen atoms in total. The van der Waals surface area contributed by atoms with E-state index in [1.165, 1.54) is 0 Å². The molecule has 0 spiro atoms. The largest absolute Gasteiger partial charge is 0.494 e. The quantitative estimate of drug-likeness (QED) is 0.691. The van der Waals surface area contributed by atoms with Crippen molar-refractivity contribution < 1.29 is 9.47 Å². The molecule has 0 saturated heterocycles. The Morgan fingerprint density at radius 3 is 2.46 bits per heavy atom. The molecular formula is C11H15O2. The first-order valence-corrected chi connectivity index (χ1v) is 4.45. The van der Waals surface area contributed by atoms with E-state index in [1.54, 1.807) is 0 Å². The van der Waals surface area contributed by atoms with E-state index in [0.29, 0.717) is 19.8 Å². The second kappa shape index (κ2) is 5.60. The number of ether oxygens (including phenoxy) is 2. The van der Waals surface area contributed by atoms with Crippen LogP contribution >= 0.6 is 0 Å². The van der Waals surface area contributed by atoms with E-state index in [9.17, 15) is 0 Å². The van der Waals surface area contributed by atoms with E-state index in [-0.39, 0.29) is 0 Å². The molecule has 1 aromatic rings. The summed E-state index contributed by atoms with van der Waals surface area (Å²) >= 11 is 0. The molecular weight excluding hydrogens is 164 g/mol. The Kier molecular flexibility index (Phi) is 4.33. The summed E-state index contributed by atoms with van der Waals surface area (Å²) in [6.07, 6.45) is 0. The Balaban J connectivity index is 2.48. The first kappa shape index (κ1) is 10.1. The maximum Gasteiger partial charge on any atom is 0.119 e. The molecule has 0 fully saturated rings. The van der Waals surface area contributed by atoms with E-state index < -0.39 is 0 Å². The van der Waals surface area contributed by atoms with Gasteiger partial charge in [-0.25, -0.2) is 0 Å². The van der Waals surface area contributed by atoms with Crippen LogP contribution in [0.2, 0.25) is 0 Å². The maximum absolute atomic E-state index is 5.31. The van der Waals surface area contributed by atoms with Crippen LogP contribution in [0.25, 0.3) is 0 Å². The molecule has 0 aliphatic heterocycles. The number of rotatable bonds is 5. The van der Waals surface area contributed by atoms with Gasteiger partial charge in [0.05, 0.1) is 13.2 Å². The molecule has 0 saturated carbocycles. The molecule has 1 rings (SSSR count). The monoisotopic (exact) mass is 179 g/mol. The summed E-state index contributed by atoms with van der Waals surface area (Å²) in [5, 5.41) is 0. The summed E-state index contributed by atoms with van der Waals surface area (Å²) in [5.74, 6) is 0.904. The normalized spacial score (nSPS) is 10.0. The van der Waals surface area contributed by atoms with Gasteiger partial charge in [0.2, 0.25) is 0 Å². The van der Waals surface area contributed by atoms with Crippen LogP contribution in [0.4, 0.5) is 0 Å². The van der Waals surface area contributed by atoms with Gasteiger partial charge in [-0.2, -0.15) is 0 Å². The van der Waals surface area contributed by atoms with Gasteiger partial charge in [0, 0.05) is 6.61 Å². The van der Waals surface area contributed by atoms with Gasteiger partial charge >= 0.3 is 0 Å². The minimum atomic E-state index is 0.507. The van der Waals surface area contributed by atoms with Gasteiger partial charge in [-0.15, -0.1) is 0 Å². The average molecular weight is 179 g/mol. The molecule has 13 heavy (non-hydrogen) atoms. The van der Waals surface area contributed by atoms with E-state index in [1.807, 2.05) is 31.2 Å². The SMILES string of the molecule is [CH2]COCc1ccc(OCC)cc1. The van der Waals surface area contributed by atoms with Gasteiger partial charge in [0.15, 0.2) is 0 Å². The molecule has 1 aromatic carbocycles. The molecule has 0 heterocycles. The average Bonchev–Trinajstić information content (AvgIpc) is 2.17. The van der Waals surface area contributed by atoms with Crippen molar-refractivity contribution in [3.05, 3.63) is 36.8 Å². The summed E-state index contributed by atoms with van der Waals surface area (Å²) in [7, 11) is 0. The summed E-state index contributed by atoms with van der Waals surface area (Å²) in [5.41, 5.74) is 1.15. The van der Waals surface area contributed by atoms with Crippen molar-refractivity contribution in [3.63, 3.8) is 0 Å². The molecule has 0 bridgehead atoms. The standard InChI is InChI=1S/C11H15O2/c1-3-12-9-10-5-7-11(8-6-10)13-4-2/h5-8H,1,3-4,9H2,2H3. The summed E-state index contributed by atoms with van der Waals surface area (Å²) in [4.78, 5) is 0. The molecule has 0 atom stereocenters. The Bertz CT molecular complexity index is 228. The minimum Gasteiger partial charge on any atom is -0.494 e. The van der Waals surface area contributed by atoms with Gasteiger partial charge in [0.1, 0.15) is 5.75 Å². The predicted octanol–water partition coefficient (Wildman–Crippen LogP) is 2.44. The molecule has 2 heteroatoms. The zero-order valence-electron chi connectivity index (χ0n) is 7.95. The third kappa shape index (κ3) is 3.47. The first-order chi connectivity index (χ1) is 6.36. The highest BCUT2D eigenvalue weighted by Gasteiger charge is 1.93. The third-order valence-corrected chi connectivity index (χ3v) is 1.65. The van der Waals surface area contributed by atoms with Crippen LogP contribution in [-0.4, -0.2) is 13.2 Å². The Morgan fingerprint density at radius 1 is 1.23 bits per heavy atom. The van der Waals surface area contributed by atoms with Crippen LogP contribution in [0.15, 0.2) is 24.3 Å². The lowest BCUT2D eigenvalue weighted by molar-refractivity contribution is 0.147. The molecule has 71 valence electrons. The lowest BCUT2D eigenvalue weighted by Crippen LogP contribution is -1.93. The molecule has 0 unspecified atom stereocenters. The predicted molar refractivity (Wildman–Crippen MR) is 52.6 cm³/mol. The zero-order valence-corrected chi connectivity index (χ0v) is 7.95. The molecule has 0 amide bonds. The third-order valence-electron chi connectivity index (χ3n) is 1.65. The van der Waals surface area contributed by atoms with Crippen molar-refractivity contribution in [2.24, 2.45) is 0 Å². The van der Waals surface area contributed by atoms with Crippen molar-refractivity contribution in [1.29, 1.82) is 0 Å². The van der Waals surface area contributed by atoms with Crippen LogP contribution in [0, 0.1) is 6.92 Å². The smallest absolute Gasteiger partial charge is 0.119 e. The van der Waals surface area contributed by atoms with Crippen molar-refractivity contribution in [2.75, 3.05) is 13.2 Å².